The van der Waals surface area contributed by atoms with E-state index in [0.29, 0.717) is 34.0 Å². The van der Waals surface area contributed by atoms with Crippen LogP contribution in [0.4, 0.5) is 5.69 Å². The van der Waals surface area contributed by atoms with E-state index < -0.39 is 0 Å². The number of amides is 1. The maximum absolute atomic E-state index is 12.8. The van der Waals surface area contributed by atoms with Crippen LogP contribution in [0.25, 0.3) is 16.8 Å². The molecule has 0 bridgehead atoms. The van der Waals surface area contributed by atoms with Crippen molar-refractivity contribution in [2.45, 2.75) is 6.92 Å². The fourth-order valence-corrected chi connectivity index (χ4v) is 3.36. The van der Waals surface area contributed by atoms with Crippen LogP contribution in [-0.4, -0.2) is 33.2 Å². The highest BCUT2D eigenvalue weighted by Crippen LogP contribution is 2.29. The van der Waals surface area contributed by atoms with Gasteiger partial charge < -0.3 is 10.1 Å². The van der Waals surface area contributed by atoms with E-state index >= 15 is 0 Å². The van der Waals surface area contributed by atoms with Gasteiger partial charge in [-0.25, -0.2) is 14.5 Å². The molecule has 0 radical (unpaired) electrons. The first kappa shape index (κ1) is 21.3. The van der Waals surface area contributed by atoms with E-state index in [1.807, 2.05) is 12.1 Å². The van der Waals surface area contributed by atoms with Gasteiger partial charge in [-0.15, -0.1) is 0 Å². The number of hydrogen-bond acceptors (Lipinski definition) is 5. The number of carbonyl (C=O) groups is 2. The molecule has 0 fully saturated rings. The van der Waals surface area contributed by atoms with Gasteiger partial charge in [0.15, 0.2) is 0 Å². The summed E-state index contributed by atoms with van der Waals surface area (Å²) in [5.74, 6) is -0.646. The second kappa shape index (κ2) is 9.45. The lowest BCUT2D eigenvalue weighted by molar-refractivity contribution is 0.0526. The molecule has 4 aromatic rings. The van der Waals surface area contributed by atoms with Crippen LogP contribution < -0.4 is 5.32 Å². The number of carbonyl (C=O) groups excluding carboxylic acids is 2. The molecule has 0 spiro atoms. The molecule has 8 heteroatoms. The molecule has 32 heavy (non-hydrogen) atoms. The summed E-state index contributed by atoms with van der Waals surface area (Å²) >= 11 is 6.38. The van der Waals surface area contributed by atoms with Crippen molar-refractivity contribution in [3.05, 3.63) is 95.5 Å². The number of hydrogen-bond donors (Lipinski definition) is 1. The molecule has 3 aromatic carbocycles. The van der Waals surface area contributed by atoms with Crippen molar-refractivity contribution >= 4 is 29.2 Å². The molecule has 1 amide bonds. The topological polar surface area (TPSA) is 86.1 Å². The number of rotatable bonds is 6. The number of aromatic nitrogens is 3. The minimum atomic E-state index is -0.381. The molecule has 1 aromatic heterocycles. The predicted octanol–water partition coefficient (Wildman–Crippen LogP) is 5.02. The Balaban J connectivity index is 1.52. The summed E-state index contributed by atoms with van der Waals surface area (Å²) in [7, 11) is 0. The number of nitrogens with one attached hydrogen (secondary N) is 1. The third kappa shape index (κ3) is 4.68. The predicted molar refractivity (Wildman–Crippen MR) is 122 cm³/mol. The summed E-state index contributed by atoms with van der Waals surface area (Å²) in [4.78, 5) is 28.6. The average Bonchev–Trinajstić information content (AvgIpc) is 3.35. The third-order valence-electron chi connectivity index (χ3n) is 4.74. The molecule has 0 atom stereocenters. The van der Waals surface area contributed by atoms with Crippen LogP contribution in [0.5, 0.6) is 0 Å². The Morgan fingerprint density at radius 1 is 1.00 bits per heavy atom. The minimum Gasteiger partial charge on any atom is -0.462 e. The summed E-state index contributed by atoms with van der Waals surface area (Å²) in [5.41, 5.74) is 3.87. The quantitative estimate of drug-likeness (QED) is 0.420. The molecule has 1 heterocycles. The molecule has 0 saturated heterocycles. The highest BCUT2D eigenvalue weighted by Gasteiger charge is 2.12. The van der Waals surface area contributed by atoms with Crippen molar-refractivity contribution in [1.29, 1.82) is 0 Å². The van der Waals surface area contributed by atoms with Crippen molar-refractivity contribution in [1.82, 2.24) is 14.8 Å². The van der Waals surface area contributed by atoms with Gasteiger partial charge in [0.05, 0.1) is 17.9 Å². The van der Waals surface area contributed by atoms with Crippen molar-refractivity contribution in [2.75, 3.05) is 11.9 Å². The standard InChI is InChI=1S/C24H19ClN4O3/c1-2-32-24(31)17-5-3-16(4-6-17)21-13-18(7-12-22(21)25)23(30)28-19-8-10-20(11-9-19)29-15-26-14-27-29/h3-15H,2H2,1H3,(H,28,30). The van der Waals surface area contributed by atoms with Crippen molar-refractivity contribution in [2.24, 2.45) is 0 Å². The van der Waals surface area contributed by atoms with Gasteiger partial charge in [-0.1, -0.05) is 23.7 Å². The van der Waals surface area contributed by atoms with Crippen LogP contribution in [0, 0.1) is 0 Å². The van der Waals surface area contributed by atoms with Crippen LogP contribution in [0.15, 0.2) is 79.4 Å². The Morgan fingerprint density at radius 3 is 2.38 bits per heavy atom. The van der Waals surface area contributed by atoms with Gasteiger partial charge in [-0.05, 0) is 67.1 Å². The van der Waals surface area contributed by atoms with Gasteiger partial charge >= 0.3 is 5.97 Å². The van der Waals surface area contributed by atoms with Crippen molar-refractivity contribution in [3.63, 3.8) is 0 Å². The summed E-state index contributed by atoms with van der Waals surface area (Å²) in [6.45, 7) is 2.07. The fourth-order valence-electron chi connectivity index (χ4n) is 3.13. The first-order valence-corrected chi connectivity index (χ1v) is 10.3. The maximum atomic E-state index is 12.8. The number of anilines is 1. The number of esters is 1. The zero-order valence-electron chi connectivity index (χ0n) is 17.2. The second-order valence-corrected chi connectivity index (χ2v) is 7.24. The normalized spacial score (nSPS) is 10.6. The summed E-state index contributed by atoms with van der Waals surface area (Å²) < 4.78 is 6.64. The zero-order chi connectivity index (χ0) is 22.5. The highest BCUT2D eigenvalue weighted by atomic mass is 35.5. The molecule has 0 saturated carbocycles. The van der Waals surface area contributed by atoms with Gasteiger partial charge in [0.2, 0.25) is 0 Å². The minimum absolute atomic E-state index is 0.264. The lowest BCUT2D eigenvalue weighted by atomic mass is 10.0. The van der Waals surface area contributed by atoms with E-state index in [1.54, 1.807) is 72.5 Å². The van der Waals surface area contributed by atoms with Gasteiger partial charge in [-0.2, -0.15) is 5.10 Å². The van der Waals surface area contributed by atoms with E-state index in [-0.39, 0.29) is 11.9 Å². The first-order chi connectivity index (χ1) is 15.5. The van der Waals surface area contributed by atoms with E-state index in [9.17, 15) is 9.59 Å². The number of halogens is 1. The third-order valence-corrected chi connectivity index (χ3v) is 5.07. The molecule has 1 N–H and O–H groups in total. The van der Waals surface area contributed by atoms with Gasteiger partial charge in [0, 0.05) is 21.8 Å². The van der Waals surface area contributed by atoms with Crippen LogP contribution in [0.1, 0.15) is 27.6 Å². The molecule has 160 valence electrons. The number of benzene rings is 3. The van der Waals surface area contributed by atoms with Crippen LogP contribution >= 0.6 is 11.6 Å². The Kier molecular flexibility index (Phi) is 6.28. The summed E-state index contributed by atoms with van der Waals surface area (Å²) in [5, 5.41) is 7.46. The van der Waals surface area contributed by atoms with E-state index in [2.05, 4.69) is 15.4 Å². The first-order valence-electron chi connectivity index (χ1n) is 9.88. The summed E-state index contributed by atoms with van der Waals surface area (Å²) in [6.07, 6.45) is 3.06. The zero-order valence-corrected chi connectivity index (χ0v) is 17.9. The maximum Gasteiger partial charge on any atom is 0.338 e. The van der Waals surface area contributed by atoms with E-state index in [1.165, 1.54) is 6.33 Å². The Morgan fingerprint density at radius 2 is 1.72 bits per heavy atom. The average molecular weight is 447 g/mol. The van der Waals surface area contributed by atoms with Crippen molar-refractivity contribution < 1.29 is 14.3 Å². The molecule has 7 nitrogen and oxygen atoms in total. The van der Waals surface area contributed by atoms with Gasteiger partial charge in [-0.3, -0.25) is 4.79 Å². The van der Waals surface area contributed by atoms with E-state index in [4.69, 9.17) is 16.3 Å². The molecule has 0 unspecified atom stereocenters. The Hall–Kier alpha value is -3.97. The van der Waals surface area contributed by atoms with E-state index in [0.717, 1.165) is 11.3 Å². The van der Waals surface area contributed by atoms with Crippen LogP contribution in [-0.2, 0) is 4.74 Å². The molecule has 4 rings (SSSR count). The Bertz CT molecular complexity index is 1240. The van der Waals surface area contributed by atoms with Crippen molar-refractivity contribution in [3.8, 4) is 16.8 Å². The molecular weight excluding hydrogens is 428 g/mol. The monoisotopic (exact) mass is 446 g/mol. The van der Waals surface area contributed by atoms with Crippen LogP contribution in [0.3, 0.4) is 0 Å². The second-order valence-electron chi connectivity index (χ2n) is 6.83. The van der Waals surface area contributed by atoms with Crippen LogP contribution in [0.2, 0.25) is 5.02 Å². The molecule has 0 aliphatic rings. The fraction of sp³-hybridized carbons (Fsp3) is 0.0833. The smallest absolute Gasteiger partial charge is 0.338 e. The number of nitrogens with zero attached hydrogens (tertiary/aromatic N) is 3. The Labute approximate surface area is 189 Å². The van der Waals surface area contributed by atoms with Gasteiger partial charge in [0.1, 0.15) is 12.7 Å². The largest absolute Gasteiger partial charge is 0.462 e. The highest BCUT2D eigenvalue weighted by molar-refractivity contribution is 6.33. The SMILES string of the molecule is CCOC(=O)c1ccc(-c2cc(C(=O)Nc3ccc(-n4cncn4)cc3)ccc2Cl)cc1. The molecule has 0 aliphatic carbocycles. The van der Waals surface area contributed by atoms with Gasteiger partial charge in [0.25, 0.3) is 5.91 Å². The summed E-state index contributed by atoms with van der Waals surface area (Å²) in [6, 6.07) is 19.2. The lowest BCUT2D eigenvalue weighted by Gasteiger charge is -2.10. The molecular formula is C24H19ClN4O3. The lowest BCUT2D eigenvalue weighted by Crippen LogP contribution is -2.12. The number of ether oxygens (including phenoxy) is 1. The molecule has 0 aliphatic heterocycles.